The molecule has 2 amide bonds. The molecule has 2 heterocycles. The number of imide groups is 1. The van der Waals surface area contributed by atoms with Crippen molar-refractivity contribution >= 4 is 29.1 Å². The minimum absolute atomic E-state index is 0.209. The molecule has 7 heteroatoms. The SMILES string of the molecule is COc1cccc(N2C(=O)[C@@H]3[C@@H](c4ccc(C)cc4)OC4(C(=O)c5ccccc5C4=O)[C@H]3C2=O)c1. The topological polar surface area (TPSA) is 90.0 Å². The zero-order valence-electron chi connectivity index (χ0n) is 19.1. The fourth-order valence-corrected chi connectivity index (χ4v) is 5.58. The predicted molar refractivity (Wildman–Crippen MR) is 125 cm³/mol. The van der Waals surface area contributed by atoms with Crippen LogP contribution in [0.4, 0.5) is 5.69 Å². The normalized spacial score (nSPS) is 24.3. The molecular weight excluding hydrogens is 446 g/mol. The number of carbonyl (C=O) groups is 4. The lowest BCUT2D eigenvalue weighted by Gasteiger charge is -2.27. The number of Topliss-reactive ketones (excluding diaryl/α,β-unsaturated/α-hetero) is 2. The molecule has 0 bridgehead atoms. The Kier molecular flexibility index (Phi) is 4.56. The first-order chi connectivity index (χ1) is 16.9. The van der Waals surface area contributed by atoms with Crippen LogP contribution in [0.25, 0.3) is 0 Å². The van der Waals surface area contributed by atoms with Gasteiger partial charge in [-0.25, -0.2) is 4.90 Å². The van der Waals surface area contributed by atoms with E-state index in [4.69, 9.17) is 9.47 Å². The number of aryl methyl sites for hydroxylation is 1. The van der Waals surface area contributed by atoms with Crippen molar-refractivity contribution in [2.45, 2.75) is 18.6 Å². The van der Waals surface area contributed by atoms with E-state index in [-0.39, 0.29) is 11.1 Å². The number of hydrogen-bond donors (Lipinski definition) is 0. The molecule has 3 aromatic rings. The maximum Gasteiger partial charge on any atom is 0.241 e. The summed E-state index contributed by atoms with van der Waals surface area (Å²) < 4.78 is 11.6. The van der Waals surface area contributed by atoms with E-state index >= 15 is 0 Å². The summed E-state index contributed by atoms with van der Waals surface area (Å²) >= 11 is 0. The van der Waals surface area contributed by atoms with Gasteiger partial charge in [0.25, 0.3) is 0 Å². The summed E-state index contributed by atoms with van der Waals surface area (Å²) in [6.45, 7) is 1.93. The second-order valence-corrected chi connectivity index (χ2v) is 9.11. The Morgan fingerprint density at radius 2 is 1.49 bits per heavy atom. The van der Waals surface area contributed by atoms with Gasteiger partial charge in [0, 0.05) is 17.2 Å². The number of ketones is 2. The lowest BCUT2D eigenvalue weighted by molar-refractivity contribution is -0.127. The van der Waals surface area contributed by atoms with Gasteiger partial charge < -0.3 is 9.47 Å². The number of anilines is 1. The molecule has 0 aromatic heterocycles. The number of benzene rings is 3. The largest absolute Gasteiger partial charge is 0.497 e. The van der Waals surface area contributed by atoms with Crippen molar-refractivity contribution in [2.75, 3.05) is 12.0 Å². The molecule has 6 rings (SSSR count). The number of ether oxygens (including phenoxy) is 2. The van der Waals surface area contributed by atoms with Gasteiger partial charge in [-0.05, 0) is 24.6 Å². The third-order valence-corrected chi connectivity index (χ3v) is 7.24. The van der Waals surface area contributed by atoms with E-state index in [1.807, 2.05) is 19.1 Å². The van der Waals surface area contributed by atoms with E-state index in [2.05, 4.69) is 0 Å². The Balaban J connectivity index is 1.54. The molecule has 3 atom stereocenters. The molecule has 0 radical (unpaired) electrons. The summed E-state index contributed by atoms with van der Waals surface area (Å²) in [5.41, 5.74) is 0.297. The molecular formula is C28H21NO6. The third-order valence-electron chi connectivity index (χ3n) is 7.24. The Morgan fingerprint density at radius 1 is 0.829 bits per heavy atom. The van der Waals surface area contributed by atoms with Crippen molar-refractivity contribution in [2.24, 2.45) is 11.8 Å². The van der Waals surface area contributed by atoms with Crippen molar-refractivity contribution in [3.8, 4) is 5.75 Å². The Labute approximate surface area is 201 Å². The van der Waals surface area contributed by atoms with Crippen LogP contribution in [0.15, 0.2) is 72.8 Å². The quantitative estimate of drug-likeness (QED) is 0.431. The molecule has 7 nitrogen and oxygen atoms in total. The maximum atomic E-state index is 13.9. The molecule has 3 aliphatic rings. The average molecular weight is 467 g/mol. The molecule has 3 aromatic carbocycles. The van der Waals surface area contributed by atoms with E-state index in [1.54, 1.807) is 60.7 Å². The van der Waals surface area contributed by atoms with Gasteiger partial charge in [0.2, 0.25) is 29.0 Å². The van der Waals surface area contributed by atoms with E-state index in [1.165, 1.54) is 7.11 Å². The number of rotatable bonds is 3. The first kappa shape index (κ1) is 21.4. The second-order valence-electron chi connectivity index (χ2n) is 9.11. The fraction of sp³-hybridized carbons (Fsp3) is 0.214. The first-order valence-corrected chi connectivity index (χ1v) is 11.3. The number of amides is 2. The fourth-order valence-electron chi connectivity index (χ4n) is 5.58. The molecule has 2 aliphatic heterocycles. The highest BCUT2D eigenvalue weighted by Gasteiger charge is 2.74. The van der Waals surface area contributed by atoms with Crippen LogP contribution in [-0.2, 0) is 14.3 Å². The van der Waals surface area contributed by atoms with Crippen molar-refractivity contribution in [3.63, 3.8) is 0 Å². The van der Waals surface area contributed by atoms with Gasteiger partial charge in [0.1, 0.15) is 5.75 Å². The molecule has 0 unspecified atom stereocenters. The molecule has 2 saturated heterocycles. The van der Waals surface area contributed by atoms with E-state index < -0.39 is 46.9 Å². The molecule has 174 valence electrons. The Bertz CT molecular complexity index is 1390. The molecule has 0 N–H and O–H groups in total. The highest BCUT2D eigenvalue weighted by Crippen LogP contribution is 2.57. The molecule has 2 fully saturated rings. The standard InChI is InChI=1S/C28H21NO6/c1-15-10-12-16(13-11-15)23-21-22(27(33)29(26(21)32)17-6-5-7-18(14-17)34-2)28(35-23)24(30)19-8-3-4-9-20(19)25(28)31/h3-14,21-23H,1-2H3/t21-,22+,23+/m0/s1. The van der Waals surface area contributed by atoms with Gasteiger partial charge in [-0.1, -0.05) is 60.2 Å². The van der Waals surface area contributed by atoms with Gasteiger partial charge >= 0.3 is 0 Å². The summed E-state index contributed by atoms with van der Waals surface area (Å²) in [5, 5.41) is 0. The second kappa shape index (κ2) is 7.45. The molecule has 1 spiro atoms. The first-order valence-electron chi connectivity index (χ1n) is 11.3. The molecule has 35 heavy (non-hydrogen) atoms. The van der Waals surface area contributed by atoms with Crippen LogP contribution >= 0.6 is 0 Å². The zero-order valence-corrected chi connectivity index (χ0v) is 19.1. The van der Waals surface area contributed by atoms with Gasteiger partial charge in [0.15, 0.2) is 0 Å². The van der Waals surface area contributed by atoms with Crippen LogP contribution in [0, 0.1) is 18.8 Å². The van der Waals surface area contributed by atoms with Gasteiger partial charge in [0.05, 0.1) is 30.7 Å². The minimum atomic E-state index is -2.08. The van der Waals surface area contributed by atoms with E-state index in [9.17, 15) is 19.2 Å². The number of methoxy groups -OCH3 is 1. The van der Waals surface area contributed by atoms with Crippen molar-refractivity contribution in [1.82, 2.24) is 0 Å². The molecule has 1 aliphatic carbocycles. The number of nitrogens with zero attached hydrogens (tertiary/aromatic N) is 1. The van der Waals surface area contributed by atoms with Gasteiger partial charge in [-0.3, -0.25) is 19.2 Å². The van der Waals surface area contributed by atoms with Crippen LogP contribution in [0.5, 0.6) is 5.75 Å². The number of hydrogen-bond acceptors (Lipinski definition) is 6. The van der Waals surface area contributed by atoms with Crippen LogP contribution < -0.4 is 9.64 Å². The van der Waals surface area contributed by atoms with E-state index in [0.717, 1.165) is 10.5 Å². The van der Waals surface area contributed by atoms with Crippen LogP contribution in [-0.4, -0.2) is 36.1 Å². The van der Waals surface area contributed by atoms with Crippen molar-refractivity contribution in [3.05, 3.63) is 95.1 Å². The highest BCUT2D eigenvalue weighted by molar-refractivity contribution is 6.37. The van der Waals surface area contributed by atoms with Crippen molar-refractivity contribution in [1.29, 1.82) is 0 Å². The maximum absolute atomic E-state index is 13.9. The predicted octanol–water partition coefficient (Wildman–Crippen LogP) is 3.70. The van der Waals surface area contributed by atoms with Gasteiger partial charge in [-0.2, -0.15) is 0 Å². The monoisotopic (exact) mass is 467 g/mol. The summed E-state index contributed by atoms with van der Waals surface area (Å²) in [6, 6.07) is 20.4. The number of carbonyl (C=O) groups excluding carboxylic acids is 4. The third kappa shape index (κ3) is 2.76. The highest BCUT2D eigenvalue weighted by atomic mass is 16.5. The van der Waals surface area contributed by atoms with Crippen LogP contribution in [0.1, 0.15) is 37.9 Å². The van der Waals surface area contributed by atoms with Gasteiger partial charge in [-0.15, -0.1) is 0 Å². The van der Waals surface area contributed by atoms with Crippen LogP contribution in [0.3, 0.4) is 0 Å². The van der Waals surface area contributed by atoms with E-state index in [0.29, 0.717) is 17.0 Å². The Hall–Kier alpha value is -4.10. The molecule has 0 saturated carbocycles. The Morgan fingerprint density at radius 3 is 2.11 bits per heavy atom. The lowest BCUT2D eigenvalue weighted by atomic mass is 9.77. The summed E-state index contributed by atoms with van der Waals surface area (Å²) in [4.78, 5) is 56.3. The summed E-state index contributed by atoms with van der Waals surface area (Å²) in [6.07, 6.45) is -0.935. The zero-order chi connectivity index (χ0) is 24.5. The summed E-state index contributed by atoms with van der Waals surface area (Å²) in [7, 11) is 1.49. The van der Waals surface area contributed by atoms with Crippen LogP contribution in [0.2, 0.25) is 0 Å². The lowest BCUT2D eigenvalue weighted by Crippen LogP contribution is -2.51. The minimum Gasteiger partial charge on any atom is -0.497 e. The smallest absolute Gasteiger partial charge is 0.241 e. The average Bonchev–Trinajstić information content (AvgIpc) is 3.44. The summed E-state index contributed by atoms with van der Waals surface area (Å²) in [5.74, 6) is -4.11. The van der Waals surface area contributed by atoms with Crippen molar-refractivity contribution < 1.29 is 28.7 Å². The number of fused-ring (bicyclic) bond motifs is 3.